The molecule has 3 heteroatoms. The van der Waals surface area contributed by atoms with E-state index in [1.165, 1.54) is 19.3 Å². The van der Waals surface area contributed by atoms with Gasteiger partial charge in [-0.1, -0.05) is 55.1 Å². The molecule has 1 N–H and O–H groups in total. The van der Waals surface area contributed by atoms with Crippen LogP contribution in [0.3, 0.4) is 0 Å². The lowest BCUT2D eigenvalue weighted by molar-refractivity contribution is 0.124. The maximum atomic E-state index is 9.99. The first-order valence-electron chi connectivity index (χ1n) is 4.75. The standard InChI is InChI=1S/C9H19IOSi/c1-12(2,3)9(10)7-5-4-6-8(9)11/h8,11H,4-7H2,1-3H3/t8-,9+/m0/s1. The molecular weight excluding hydrogens is 279 g/mol. The third kappa shape index (κ3) is 1.87. The van der Waals surface area contributed by atoms with Gasteiger partial charge in [-0.05, 0) is 12.8 Å². The van der Waals surface area contributed by atoms with Crippen molar-refractivity contribution in [2.75, 3.05) is 0 Å². The van der Waals surface area contributed by atoms with Crippen LogP contribution in [-0.2, 0) is 0 Å². The minimum Gasteiger partial charge on any atom is -0.392 e. The third-order valence-electron chi connectivity index (χ3n) is 3.04. The van der Waals surface area contributed by atoms with Crippen molar-refractivity contribution in [2.45, 2.75) is 54.5 Å². The van der Waals surface area contributed by atoms with Crippen molar-refractivity contribution in [2.24, 2.45) is 0 Å². The van der Waals surface area contributed by atoms with Gasteiger partial charge < -0.3 is 5.11 Å². The molecule has 12 heavy (non-hydrogen) atoms. The zero-order valence-corrected chi connectivity index (χ0v) is 11.4. The predicted molar refractivity (Wildman–Crippen MR) is 64.6 cm³/mol. The van der Waals surface area contributed by atoms with Gasteiger partial charge in [-0.2, -0.15) is 0 Å². The van der Waals surface area contributed by atoms with Gasteiger partial charge in [-0.3, -0.25) is 0 Å². The van der Waals surface area contributed by atoms with Crippen molar-refractivity contribution < 1.29 is 5.11 Å². The van der Waals surface area contributed by atoms with Gasteiger partial charge in [0.2, 0.25) is 0 Å². The Morgan fingerprint density at radius 3 is 2.25 bits per heavy atom. The van der Waals surface area contributed by atoms with E-state index in [1.807, 2.05) is 0 Å². The Hall–Kier alpha value is 0.907. The van der Waals surface area contributed by atoms with Gasteiger partial charge in [0.05, 0.1) is 14.2 Å². The van der Waals surface area contributed by atoms with Crippen LogP contribution in [0, 0.1) is 0 Å². The summed E-state index contributed by atoms with van der Waals surface area (Å²) in [5, 5.41) is 9.99. The molecule has 0 aromatic rings. The van der Waals surface area contributed by atoms with Crippen LogP contribution in [0.4, 0.5) is 0 Å². The van der Waals surface area contributed by atoms with Crippen molar-refractivity contribution in [1.82, 2.24) is 0 Å². The second-order valence-corrected chi connectivity index (χ2v) is 13.2. The molecule has 1 rings (SSSR count). The number of aliphatic hydroxyl groups is 1. The molecule has 0 saturated heterocycles. The molecule has 0 bridgehead atoms. The SMILES string of the molecule is C[Si](C)(C)[C@]1(I)CCCC[C@@H]1O. The van der Waals surface area contributed by atoms with Crippen LogP contribution in [0.25, 0.3) is 0 Å². The zero-order valence-electron chi connectivity index (χ0n) is 8.23. The number of aliphatic hydroxyl groups excluding tert-OH is 1. The molecule has 0 spiro atoms. The van der Waals surface area contributed by atoms with Crippen LogP contribution >= 0.6 is 22.6 Å². The summed E-state index contributed by atoms with van der Waals surface area (Å²) >= 11 is 2.53. The first-order chi connectivity index (χ1) is 5.38. The number of hydrogen-bond donors (Lipinski definition) is 1. The van der Waals surface area contributed by atoms with E-state index in [4.69, 9.17) is 0 Å². The van der Waals surface area contributed by atoms with Crippen LogP contribution in [0.15, 0.2) is 0 Å². The molecule has 0 amide bonds. The van der Waals surface area contributed by atoms with E-state index in [1.54, 1.807) is 0 Å². The lowest BCUT2D eigenvalue weighted by atomic mass is 9.97. The summed E-state index contributed by atoms with van der Waals surface area (Å²) < 4.78 is 0.239. The number of alkyl halides is 1. The summed E-state index contributed by atoms with van der Waals surface area (Å²) in [6.07, 6.45) is 4.73. The lowest BCUT2D eigenvalue weighted by Gasteiger charge is -2.45. The summed E-state index contributed by atoms with van der Waals surface area (Å²) in [5.41, 5.74) is 0. The maximum Gasteiger partial charge on any atom is 0.0660 e. The molecule has 0 aromatic heterocycles. The first kappa shape index (κ1) is 11.0. The van der Waals surface area contributed by atoms with Crippen molar-refractivity contribution in [3.63, 3.8) is 0 Å². The van der Waals surface area contributed by atoms with Crippen LogP contribution in [0.5, 0.6) is 0 Å². The molecule has 72 valence electrons. The van der Waals surface area contributed by atoms with Crippen molar-refractivity contribution in [3.8, 4) is 0 Å². The molecule has 0 unspecified atom stereocenters. The first-order valence-corrected chi connectivity index (χ1v) is 9.33. The molecule has 1 aliphatic carbocycles. The summed E-state index contributed by atoms with van der Waals surface area (Å²) in [5.74, 6) is 0. The molecule has 1 saturated carbocycles. The van der Waals surface area contributed by atoms with E-state index in [0.717, 1.165) is 6.42 Å². The van der Waals surface area contributed by atoms with E-state index in [0.29, 0.717) is 0 Å². The minimum atomic E-state index is -1.21. The van der Waals surface area contributed by atoms with Gasteiger partial charge in [-0.15, -0.1) is 0 Å². The van der Waals surface area contributed by atoms with Crippen LogP contribution < -0.4 is 0 Å². The topological polar surface area (TPSA) is 20.2 Å². The highest BCUT2D eigenvalue weighted by Crippen LogP contribution is 2.43. The van der Waals surface area contributed by atoms with Gasteiger partial charge in [0, 0.05) is 3.04 Å². The Morgan fingerprint density at radius 1 is 1.33 bits per heavy atom. The van der Waals surface area contributed by atoms with Gasteiger partial charge >= 0.3 is 0 Å². The van der Waals surface area contributed by atoms with Gasteiger partial charge in [-0.25, -0.2) is 0 Å². The molecule has 1 fully saturated rings. The number of halogens is 1. The monoisotopic (exact) mass is 298 g/mol. The highest BCUT2D eigenvalue weighted by molar-refractivity contribution is 14.1. The second-order valence-electron chi connectivity index (χ2n) is 4.87. The fourth-order valence-electron chi connectivity index (χ4n) is 1.99. The summed E-state index contributed by atoms with van der Waals surface area (Å²) in [7, 11) is -1.21. The van der Waals surface area contributed by atoms with Crippen molar-refractivity contribution in [3.05, 3.63) is 0 Å². The molecule has 0 radical (unpaired) electrons. The molecule has 0 aromatic carbocycles. The summed E-state index contributed by atoms with van der Waals surface area (Å²) in [6, 6.07) is 0. The number of rotatable bonds is 1. The Morgan fingerprint density at radius 2 is 1.92 bits per heavy atom. The summed E-state index contributed by atoms with van der Waals surface area (Å²) in [4.78, 5) is 0. The minimum absolute atomic E-state index is 0.0430. The quantitative estimate of drug-likeness (QED) is 0.448. The molecular formula is C9H19IOSi. The van der Waals surface area contributed by atoms with E-state index >= 15 is 0 Å². The largest absolute Gasteiger partial charge is 0.392 e. The van der Waals surface area contributed by atoms with Crippen LogP contribution in [0.1, 0.15) is 25.7 Å². The Kier molecular flexibility index (Phi) is 3.27. The normalized spacial score (nSPS) is 38.2. The molecule has 1 aliphatic rings. The van der Waals surface area contributed by atoms with E-state index in [9.17, 15) is 5.11 Å². The van der Waals surface area contributed by atoms with Gasteiger partial charge in [0.25, 0.3) is 0 Å². The van der Waals surface area contributed by atoms with Crippen LogP contribution in [-0.4, -0.2) is 22.3 Å². The van der Waals surface area contributed by atoms with E-state index < -0.39 is 8.07 Å². The van der Waals surface area contributed by atoms with E-state index in [2.05, 4.69) is 42.2 Å². The fraction of sp³-hybridized carbons (Fsp3) is 1.00. The van der Waals surface area contributed by atoms with Gasteiger partial charge in [0.1, 0.15) is 0 Å². The number of hydrogen-bond acceptors (Lipinski definition) is 1. The maximum absolute atomic E-state index is 9.99. The predicted octanol–water partition coefficient (Wildman–Crippen LogP) is 2.97. The Balaban J connectivity index is 2.79. The zero-order chi connectivity index (χ0) is 9.41. The fourth-order valence-corrected chi connectivity index (χ4v) is 4.75. The molecule has 0 aliphatic heterocycles. The Labute approximate surface area is 90.1 Å². The highest BCUT2D eigenvalue weighted by Gasteiger charge is 2.47. The second kappa shape index (κ2) is 3.57. The molecule has 0 heterocycles. The van der Waals surface area contributed by atoms with Crippen molar-refractivity contribution in [1.29, 1.82) is 0 Å². The average molecular weight is 298 g/mol. The summed E-state index contributed by atoms with van der Waals surface area (Å²) in [6.45, 7) is 7.11. The Bertz CT molecular complexity index is 166. The lowest BCUT2D eigenvalue weighted by Crippen LogP contribution is -2.56. The molecule has 1 nitrogen and oxygen atoms in total. The smallest absolute Gasteiger partial charge is 0.0660 e. The molecule has 2 atom stereocenters. The van der Waals surface area contributed by atoms with E-state index in [-0.39, 0.29) is 9.15 Å². The van der Waals surface area contributed by atoms with Crippen molar-refractivity contribution >= 4 is 30.7 Å². The van der Waals surface area contributed by atoms with Crippen LogP contribution in [0.2, 0.25) is 19.6 Å². The highest BCUT2D eigenvalue weighted by atomic mass is 127. The van der Waals surface area contributed by atoms with Gasteiger partial charge in [0.15, 0.2) is 0 Å². The average Bonchev–Trinajstić information content (AvgIpc) is 1.93. The third-order valence-corrected chi connectivity index (χ3v) is 12.2.